The highest BCUT2D eigenvalue weighted by Gasteiger charge is 2.29. The van der Waals surface area contributed by atoms with E-state index in [0.29, 0.717) is 42.4 Å². The standard InChI is InChI=1S/C22H25FN2O4S/c1-13(25-5-7-28-8-6-25)22(27)24-12-17-10-15-9-16(23)11-18(21(15)29-17)20-4-3-19(30-20)14(2)26/h3-4,9,11,13,17H,5-8,10,12H2,1-2H3,(H,24,27). The van der Waals surface area contributed by atoms with Crippen molar-refractivity contribution in [2.24, 2.45) is 0 Å². The molecule has 1 saturated heterocycles. The Morgan fingerprint density at radius 1 is 1.30 bits per heavy atom. The van der Waals surface area contributed by atoms with E-state index in [1.807, 2.05) is 13.0 Å². The van der Waals surface area contributed by atoms with Crippen molar-refractivity contribution in [1.29, 1.82) is 0 Å². The summed E-state index contributed by atoms with van der Waals surface area (Å²) in [6.45, 7) is 6.52. The number of halogens is 1. The van der Waals surface area contributed by atoms with Gasteiger partial charge in [-0.25, -0.2) is 4.39 Å². The van der Waals surface area contributed by atoms with E-state index in [4.69, 9.17) is 9.47 Å². The van der Waals surface area contributed by atoms with E-state index in [0.717, 1.165) is 23.5 Å². The molecule has 1 fully saturated rings. The lowest BCUT2D eigenvalue weighted by molar-refractivity contribution is -0.127. The monoisotopic (exact) mass is 432 g/mol. The summed E-state index contributed by atoms with van der Waals surface area (Å²) in [6, 6.07) is 6.26. The van der Waals surface area contributed by atoms with Gasteiger partial charge in [0.05, 0.1) is 30.7 Å². The first-order chi connectivity index (χ1) is 14.4. The molecule has 1 aromatic carbocycles. The lowest BCUT2D eigenvalue weighted by Crippen LogP contribution is -2.50. The fourth-order valence-electron chi connectivity index (χ4n) is 3.86. The Balaban J connectivity index is 1.42. The van der Waals surface area contributed by atoms with Crippen LogP contribution in [0.5, 0.6) is 5.75 Å². The third-order valence-electron chi connectivity index (χ3n) is 5.56. The Kier molecular flexibility index (Phi) is 6.17. The van der Waals surface area contributed by atoms with E-state index in [2.05, 4.69) is 10.2 Å². The van der Waals surface area contributed by atoms with Crippen molar-refractivity contribution in [2.75, 3.05) is 32.8 Å². The third kappa shape index (κ3) is 4.40. The smallest absolute Gasteiger partial charge is 0.237 e. The number of morpholine rings is 1. The van der Waals surface area contributed by atoms with Crippen LogP contribution in [0.4, 0.5) is 4.39 Å². The van der Waals surface area contributed by atoms with Crippen LogP contribution in [0.25, 0.3) is 10.4 Å². The lowest BCUT2D eigenvalue weighted by atomic mass is 10.0. The summed E-state index contributed by atoms with van der Waals surface area (Å²) in [6.07, 6.45) is 0.269. The molecule has 30 heavy (non-hydrogen) atoms. The van der Waals surface area contributed by atoms with Gasteiger partial charge in [-0.1, -0.05) is 0 Å². The summed E-state index contributed by atoms with van der Waals surface area (Å²) < 4.78 is 25.7. The zero-order valence-corrected chi connectivity index (χ0v) is 17.9. The van der Waals surface area contributed by atoms with E-state index in [1.165, 1.54) is 30.4 Å². The maximum absolute atomic E-state index is 14.2. The molecule has 2 aliphatic heterocycles. The first kappa shape index (κ1) is 21.0. The number of benzene rings is 1. The summed E-state index contributed by atoms with van der Waals surface area (Å²) in [7, 11) is 0. The van der Waals surface area contributed by atoms with Gasteiger partial charge in [-0.05, 0) is 38.1 Å². The van der Waals surface area contributed by atoms with Crippen LogP contribution in [-0.2, 0) is 16.0 Å². The van der Waals surface area contributed by atoms with Gasteiger partial charge in [0.1, 0.15) is 17.7 Å². The summed E-state index contributed by atoms with van der Waals surface area (Å²) in [4.78, 5) is 27.7. The van der Waals surface area contributed by atoms with Crippen molar-refractivity contribution < 1.29 is 23.5 Å². The fraction of sp³-hybridized carbons (Fsp3) is 0.455. The Hall–Kier alpha value is -2.29. The van der Waals surface area contributed by atoms with Crippen LogP contribution >= 0.6 is 11.3 Å². The third-order valence-corrected chi connectivity index (χ3v) is 6.78. The highest BCUT2D eigenvalue weighted by atomic mass is 32.1. The Morgan fingerprint density at radius 3 is 2.77 bits per heavy atom. The number of rotatable bonds is 6. The molecular weight excluding hydrogens is 407 g/mol. The second-order valence-electron chi connectivity index (χ2n) is 7.68. The number of hydrogen-bond acceptors (Lipinski definition) is 6. The van der Waals surface area contributed by atoms with E-state index >= 15 is 0 Å². The molecule has 3 heterocycles. The van der Waals surface area contributed by atoms with Gasteiger partial charge in [0, 0.05) is 35.5 Å². The molecule has 1 aromatic heterocycles. The number of thiophene rings is 1. The average molecular weight is 433 g/mol. The zero-order valence-electron chi connectivity index (χ0n) is 17.1. The van der Waals surface area contributed by atoms with Gasteiger partial charge in [0.15, 0.2) is 5.78 Å². The molecule has 0 bridgehead atoms. The summed E-state index contributed by atoms with van der Waals surface area (Å²) >= 11 is 1.33. The molecule has 0 spiro atoms. The second kappa shape index (κ2) is 8.83. The molecule has 2 atom stereocenters. The maximum atomic E-state index is 14.2. The van der Waals surface area contributed by atoms with Crippen LogP contribution in [-0.4, -0.2) is 61.6 Å². The number of fused-ring (bicyclic) bond motifs is 1. The molecule has 2 aromatic rings. The number of amides is 1. The van der Waals surface area contributed by atoms with Crippen molar-refractivity contribution in [3.63, 3.8) is 0 Å². The molecule has 4 rings (SSSR count). The molecule has 0 saturated carbocycles. The van der Waals surface area contributed by atoms with Gasteiger partial charge in [0.25, 0.3) is 0 Å². The normalized spacial score (nSPS) is 19.8. The fourth-order valence-corrected chi connectivity index (χ4v) is 4.77. The number of hydrogen-bond donors (Lipinski definition) is 1. The van der Waals surface area contributed by atoms with Crippen LogP contribution in [0, 0.1) is 5.82 Å². The zero-order chi connectivity index (χ0) is 21.3. The minimum atomic E-state index is -0.337. The van der Waals surface area contributed by atoms with Gasteiger partial charge in [-0.3, -0.25) is 14.5 Å². The molecule has 2 aliphatic rings. The van der Waals surface area contributed by atoms with Crippen molar-refractivity contribution in [3.05, 3.63) is 40.5 Å². The van der Waals surface area contributed by atoms with Gasteiger partial charge < -0.3 is 14.8 Å². The largest absolute Gasteiger partial charge is 0.487 e. The predicted octanol–water partition coefficient (Wildman–Crippen LogP) is 2.90. The number of nitrogens with zero attached hydrogens (tertiary/aromatic N) is 1. The topological polar surface area (TPSA) is 67.9 Å². The first-order valence-corrected chi connectivity index (χ1v) is 10.9. The van der Waals surface area contributed by atoms with Crippen molar-refractivity contribution in [2.45, 2.75) is 32.4 Å². The van der Waals surface area contributed by atoms with Gasteiger partial charge >= 0.3 is 0 Å². The number of carbonyl (C=O) groups is 2. The minimum absolute atomic E-state index is 0.0183. The van der Waals surface area contributed by atoms with E-state index in [-0.39, 0.29) is 29.7 Å². The highest BCUT2D eigenvalue weighted by molar-refractivity contribution is 7.17. The molecule has 6 nitrogen and oxygen atoms in total. The minimum Gasteiger partial charge on any atom is -0.487 e. The van der Waals surface area contributed by atoms with Gasteiger partial charge in [-0.2, -0.15) is 0 Å². The number of nitrogens with one attached hydrogen (secondary N) is 1. The van der Waals surface area contributed by atoms with Gasteiger partial charge in [-0.15, -0.1) is 11.3 Å². The number of carbonyl (C=O) groups excluding carboxylic acids is 2. The van der Waals surface area contributed by atoms with E-state index in [1.54, 1.807) is 6.07 Å². The molecule has 160 valence electrons. The van der Waals surface area contributed by atoms with Crippen LogP contribution in [0.3, 0.4) is 0 Å². The van der Waals surface area contributed by atoms with Gasteiger partial charge in [0.2, 0.25) is 5.91 Å². The summed E-state index contributed by atoms with van der Waals surface area (Å²) in [5.74, 6) is 0.229. The van der Waals surface area contributed by atoms with Crippen LogP contribution < -0.4 is 10.1 Å². The Bertz CT molecular complexity index is 955. The van der Waals surface area contributed by atoms with Crippen molar-refractivity contribution >= 4 is 23.0 Å². The number of ketones is 1. The number of Topliss-reactive ketones (excluding diaryl/α,β-unsaturated/α-hetero) is 1. The summed E-state index contributed by atoms with van der Waals surface area (Å²) in [5.41, 5.74) is 1.43. The van der Waals surface area contributed by atoms with Crippen molar-refractivity contribution in [1.82, 2.24) is 10.2 Å². The molecule has 8 heteroatoms. The highest BCUT2D eigenvalue weighted by Crippen LogP contribution is 2.42. The predicted molar refractivity (Wildman–Crippen MR) is 113 cm³/mol. The first-order valence-electron chi connectivity index (χ1n) is 10.1. The molecule has 0 radical (unpaired) electrons. The van der Waals surface area contributed by atoms with Crippen LogP contribution in [0.1, 0.15) is 29.1 Å². The maximum Gasteiger partial charge on any atom is 0.237 e. The lowest BCUT2D eigenvalue weighted by Gasteiger charge is -2.31. The molecule has 2 unspecified atom stereocenters. The average Bonchev–Trinajstić information content (AvgIpc) is 3.38. The van der Waals surface area contributed by atoms with Crippen LogP contribution in [0.2, 0.25) is 0 Å². The second-order valence-corrected chi connectivity index (χ2v) is 8.76. The SMILES string of the molecule is CC(=O)c1ccc(-c2cc(F)cc3c2OC(CNC(=O)C(C)N2CCOCC2)C3)s1. The quantitative estimate of drug-likeness (QED) is 0.711. The van der Waals surface area contributed by atoms with E-state index < -0.39 is 0 Å². The van der Waals surface area contributed by atoms with Crippen LogP contribution in [0.15, 0.2) is 24.3 Å². The Morgan fingerprint density at radius 2 is 2.07 bits per heavy atom. The Labute approximate surface area is 179 Å². The van der Waals surface area contributed by atoms with E-state index in [9.17, 15) is 14.0 Å². The molecule has 1 N–H and O–H groups in total. The van der Waals surface area contributed by atoms with Crippen molar-refractivity contribution in [3.8, 4) is 16.2 Å². The number of ether oxygens (including phenoxy) is 2. The summed E-state index contributed by atoms with van der Waals surface area (Å²) in [5, 5.41) is 2.97. The molecule has 0 aliphatic carbocycles. The molecular formula is C22H25FN2O4S. The molecule has 1 amide bonds.